The molecule has 146 valence electrons. The van der Waals surface area contributed by atoms with Gasteiger partial charge in [0.25, 0.3) is 5.91 Å². The Kier molecular flexibility index (Phi) is 6.04. The van der Waals surface area contributed by atoms with Crippen molar-refractivity contribution >= 4 is 23.3 Å². The molecule has 0 aromatic heterocycles. The molecule has 2 N–H and O–H groups in total. The minimum absolute atomic E-state index is 0.0109. The van der Waals surface area contributed by atoms with Gasteiger partial charge in [-0.05, 0) is 55.5 Å². The van der Waals surface area contributed by atoms with Crippen molar-refractivity contribution in [3.05, 3.63) is 95.1 Å². The lowest BCUT2D eigenvalue weighted by atomic mass is 10.1. The second-order valence-corrected chi connectivity index (χ2v) is 6.42. The highest BCUT2D eigenvalue weighted by atomic mass is 16.5. The second kappa shape index (κ2) is 8.84. The van der Waals surface area contributed by atoms with Gasteiger partial charge in [0.05, 0.1) is 0 Å². The number of phenols is 1. The lowest BCUT2D eigenvalue weighted by Gasteiger charge is -2.08. The molecule has 0 unspecified atom stereocenters. The normalized spacial score (nSPS) is 10.2. The van der Waals surface area contributed by atoms with Gasteiger partial charge in [-0.3, -0.25) is 9.59 Å². The van der Waals surface area contributed by atoms with Gasteiger partial charge < -0.3 is 15.2 Å². The Morgan fingerprint density at radius 1 is 0.897 bits per heavy atom. The Hall–Kier alpha value is -3.93. The number of carbonyl (C=O) groups excluding carboxylic acids is 3. The molecule has 0 fully saturated rings. The summed E-state index contributed by atoms with van der Waals surface area (Å²) in [7, 11) is 0. The second-order valence-electron chi connectivity index (χ2n) is 6.42. The van der Waals surface area contributed by atoms with E-state index in [4.69, 9.17) is 4.74 Å². The van der Waals surface area contributed by atoms with E-state index in [1.54, 1.807) is 61.5 Å². The van der Waals surface area contributed by atoms with Gasteiger partial charge in [-0.2, -0.15) is 0 Å². The van der Waals surface area contributed by atoms with E-state index in [2.05, 4.69) is 5.32 Å². The molecule has 0 spiro atoms. The lowest BCUT2D eigenvalue weighted by molar-refractivity contribution is 0.0471. The van der Waals surface area contributed by atoms with Crippen molar-refractivity contribution in [1.82, 2.24) is 0 Å². The Morgan fingerprint density at radius 2 is 1.59 bits per heavy atom. The first kappa shape index (κ1) is 19.8. The van der Waals surface area contributed by atoms with Crippen LogP contribution < -0.4 is 5.32 Å². The van der Waals surface area contributed by atoms with Gasteiger partial charge in [0.2, 0.25) is 0 Å². The van der Waals surface area contributed by atoms with Gasteiger partial charge in [-0.15, -0.1) is 0 Å². The fourth-order valence-electron chi connectivity index (χ4n) is 2.64. The van der Waals surface area contributed by atoms with Gasteiger partial charge >= 0.3 is 5.97 Å². The number of benzene rings is 3. The summed E-state index contributed by atoms with van der Waals surface area (Å²) in [5, 5.41) is 12.5. The molecule has 0 aliphatic heterocycles. The molecule has 0 radical (unpaired) electrons. The average Bonchev–Trinajstić information content (AvgIpc) is 2.74. The van der Waals surface area contributed by atoms with Crippen molar-refractivity contribution in [2.45, 2.75) is 6.92 Å². The predicted molar refractivity (Wildman–Crippen MR) is 108 cm³/mol. The monoisotopic (exact) mass is 389 g/mol. The highest BCUT2D eigenvalue weighted by Gasteiger charge is 2.15. The zero-order chi connectivity index (χ0) is 20.8. The van der Waals surface area contributed by atoms with Gasteiger partial charge in [0.15, 0.2) is 12.4 Å². The molecule has 3 aromatic carbocycles. The number of anilines is 1. The number of hydrogen-bond acceptors (Lipinski definition) is 5. The number of aromatic hydroxyl groups is 1. The van der Waals surface area contributed by atoms with Crippen LogP contribution in [0.4, 0.5) is 5.69 Å². The molecule has 29 heavy (non-hydrogen) atoms. The highest BCUT2D eigenvalue weighted by Crippen LogP contribution is 2.19. The van der Waals surface area contributed by atoms with E-state index in [0.29, 0.717) is 16.8 Å². The average molecular weight is 389 g/mol. The summed E-state index contributed by atoms with van der Waals surface area (Å²) >= 11 is 0. The topological polar surface area (TPSA) is 92.7 Å². The van der Waals surface area contributed by atoms with Crippen LogP contribution in [0.25, 0.3) is 0 Å². The molecule has 0 saturated carbocycles. The number of ketones is 1. The molecule has 3 aromatic rings. The van der Waals surface area contributed by atoms with Crippen molar-refractivity contribution in [2.75, 3.05) is 11.9 Å². The quantitative estimate of drug-likeness (QED) is 0.491. The number of rotatable bonds is 6. The molecule has 6 nitrogen and oxygen atoms in total. The Labute approximate surface area is 167 Å². The standard InChI is InChI=1S/C23H19NO5/c1-15-7-12-20(25)19(13-15)23(28)29-14-21(26)16-8-10-18(11-9-16)24-22(27)17-5-3-2-4-6-17/h2-13,25H,14H2,1H3,(H,24,27). The summed E-state index contributed by atoms with van der Waals surface area (Å²) in [6.07, 6.45) is 0. The zero-order valence-electron chi connectivity index (χ0n) is 15.7. The largest absolute Gasteiger partial charge is 0.507 e. The summed E-state index contributed by atoms with van der Waals surface area (Å²) in [6.45, 7) is 1.32. The summed E-state index contributed by atoms with van der Waals surface area (Å²) in [4.78, 5) is 36.5. The summed E-state index contributed by atoms with van der Waals surface area (Å²) in [5.41, 5.74) is 2.20. The molecular formula is C23H19NO5. The van der Waals surface area contributed by atoms with Crippen LogP contribution in [0.3, 0.4) is 0 Å². The summed E-state index contributed by atoms with van der Waals surface area (Å²) < 4.78 is 5.01. The van der Waals surface area contributed by atoms with Gasteiger partial charge in [-0.1, -0.05) is 29.8 Å². The number of hydrogen-bond donors (Lipinski definition) is 2. The van der Waals surface area contributed by atoms with Gasteiger partial charge in [0, 0.05) is 16.8 Å². The van der Waals surface area contributed by atoms with Crippen LogP contribution in [0.2, 0.25) is 0 Å². The maximum absolute atomic E-state index is 12.3. The third kappa shape index (κ3) is 5.07. The van der Waals surface area contributed by atoms with Crippen molar-refractivity contribution in [3.63, 3.8) is 0 Å². The number of aryl methyl sites for hydroxylation is 1. The van der Waals surface area contributed by atoms with E-state index >= 15 is 0 Å². The number of ether oxygens (including phenoxy) is 1. The molecule has 0 atom stereocenters. The van der Waals surface area contributed by atoms with Crippen LogP contribution in [0, 0.1) is 6.92 Å². The maximum atomic E-state index is 12.3. The van der Waals surface area contributed by atoms with E-state index in [1.165, 1.54) is 12.1 Å². The van der Waals surface area contributed by atoms with Crippen molar-refractivity contribution in [1.29, 1.82) is 0 Å². The van der Waals surface area contributed by atoms with E-state index in [-0.39, 0.29) is 17.2 Å². The van der Waals surface area contributed by atoms with Crippen LogP contribution in [0.5, 0.6) is 5.75 Å². The van der Waals surface area contributed by atoms with E-state index in [0.717, 1.165) is 5.56 Å². The number of amides is 1. The fraction of sp³-hybridized carbons (Fsp3) is 0.0870. The van der Waals surface area contributed by atoms with Crippen LogP contribution in [0.15, 0.2) is 72.8 Å². The zero-order valence-corrected chi connectivity index (χ0v) is 15.7. The van der Waals surface area contributed by atoms with Crippen molar-refractivity contribution in [3.8, 4) is 5.75 Å². The van der Waals surface area contributed by atoms with Gasteiger partial charge in [-0.25, -0.2) is 4.79 Å². The van der Waals surface area contributed by atoms with Crippen LogP contribution in [-0.2, 0) is 4.74 Å². The molecule has 0 saturated heterocycles. The molecule has 1 amide bonds. The minimum Gasteiger partial charge on any atom is -0.507 e. The van der Waals surface area contributed by atoms with Crippen LogP contribution in [-0.4, -0.2) is 29.4 Å². The first-order chi connectivity index (χ1) is 13.9. The molecule has 0 aliphatic carbocycles. The molecule has 3 rings (SSSR count). The molecule has 0 bridgehead atoms. The lowest BCUT2D eigenvalue weighted by Crippen LogP contribution is -2.15. The fourth-order valence-corrected chi connectivity index (χ4v) is 2.64. The molecular weight excluding hydrogens is 370 g/mol. The molecule has 0 heterocycles. The molecule has 6 heteroatoms. The number of Topliss-reactive ketones (excluding diaryl/α,β-unsaturated/α-hetero) is 1. The Balaban J connectivity index is 1.58. The van der Waals surface area contributed by atoms with Crippen molar-refractivity contribution in [2.24, 2.45) is 0 Å². The number of nitrogens with one attached hydrogen (secondary N) is 1. The minimum atomic E-state index is -0.772. The third-order valence-electron chi connectivity index (χ3n) is 4.21. The summed E-state index contributed by atoms with van der Waals surface area (Å²) in [5.74, 6) is -1.62. The highest BCUT2D eigenvalue weighted by molar-refractivity contribution is 6.05. The van der Waals surface area contributed by atoms with E-state index in [1.807, 2.05) is 6.07 Å². The van der Waals surface area contributed by atoms with Crippen LogP contribution in [0.1, 0.15) is 36.6 Å². The van der Waals surface area contributed by atoms with Gasteiger partial charge in [0.1, 0.15) is 11.3 Å². The number of phenolic OH excluding ortho intramolecular Hbond substituents is 1. The summed E-state index contributed by atoms with van der Waals surface area (Å²) in [6, 6.07) is 19.6. The SMILES string of the molecule is Cc1ccc(O)c(C(=O)OCC(=O)c2ccc(NC(=O)c3ccccc3)cc2)c1. The predicted octanol–water partition coefficient (Wildman–Crippen LogP) is 3.99. The van der Waals surface area contributed by atoms with E-state index in [9.17, 15) is 19.5 Å². The Bertz CT molecular complexity index is 1040. The maximum Gasteiger partial charge on any atom is 0.342 e. The first-order valence-corrected chi connectivity index (χ1v) is 8.90. The molecule has 0 aliphatic rings. The smallest absolute Gasteiger partial charge is 0.342 e. The van der Waals surface area contributed by atoms with Crippen molar-refractivity contribution < 1.29 is 24.2 Å². The Morgan fingerprint density at radius 3 is 2.28 bits per heavy atom. The van der Waals surface area contributed by atoms with E-state index < -0.39 is 18.4 Å². The number of esters is 1. The van der Waals surface area contributed by atoms with Crippen LogP contribution >= 0.6 is 0 Å². The third-order valence-corrected chi connectivity index (χ3v) is 4.21. The first-order valence-electron chi connectivity index (χ1n) is 8.90. The number of carbonyl (C=O) groups is 3.